The first-order valence-electron chi connectivity index (χ1n) is 11.2. The van der Waals surface area contributed by atoms with Crippen LogP contribution in [0, 0.1) is 0 Å². The number of carbonyl (C=O) groups is 4. The van der Waals surface area contributed by atoms with Gasteiger partial charge in [-0.1, -0.05) is 43.9 Å². The van der Waals surface area contributed by atoms with Gasteiger partial charge in [-0.15, -0.1) is 0 Å². The average Bonchev–Trinajstić information content (AvgIpc) is 2.76. The molecule has 0 fully saturated rings. The standard InChI is InChI=1S/C26H32N2O4/c1-19(29)21-16-22(20(2)30)18-24(17-21)28-26(32)15-11-6-4-3-5-10-14-25(31)27-23-12-8-7-9-13-23/h7-9,12-13,16-18H,3-6,10-11,14-15H2,1-2H3,(H,27,31)(H,28,32). The lowest BCUT2D eigenvalue weighted by Crippen LogP contribution is -2.12. The maximum atomic E-state index is 12.2. The SMILES string of the molecule is CC(=O)c1cc(NC(=O)CCCCCCCCC(=O)Nc2ccccc2)cc(C(C)=O)c1. The summed E-state index contributed by atoms with van der Waals surface area (Å²) in [4.78, 5) is 47.4. The summed E-state index contributed by atoms with van der Waals surface area (Å²) < 4.78 is 0. The molecule has 170 valence electrons. The molecule has 6 heteroatoms. The van der Waals surface area contributed by atoms with Crippen molar-refractivity contribution in [1.29, 1.82) is 0 Å². The van der Waals surface area contributed by atoms with Crippen molar-refractivity contribution in [3.8, 4) is 0 Å². The van der Waals surface area contributed by atoms with Crippen LogP contribution in [0.4, 0.5) is 11.4 Å². The van der Waals surface area contributed by atoms with E-state index in [1.165, 1.54) is 13.8 Å². The molecule has 0 saturated heterocycles. The molecule has 2 aromatic rings. The van der Waals surface area contributed by atoms with Crippen LogP contribution in [0.15, 0.2) is 48.5 Å². The molecule has 0 atom stereocenters. The van der Waals surface area contributed by atoms with Crippen LogP contribution in [0.25, 0.3) is 0 Å². The second-order valence-electron chi connectivity index (χ2n) is 8.00. The van der Waals surface area contributed by atoms with Gasteiger partial charge in [0.25, 0.3) is 0 Å². The van der Waals surface area contributed by atoms with Crippen molar-refractivity contribution >= 4 is 34.8 Å². The van der Waals surface area contributed by atoms with Gasteiger partial charge in [-0.25, -0.2) is 0 Å². The normalized spacial score (nSPS) is 10.4. The molecule has 2 rings (SSSR count). The lowest BCUT2D eigenvalue weighted by molar-refractivity contribution is -0.117. The van der Waals surface area contributed by atoms with Gasteiger partial charge in [-0.05, 0) is 57.0 Å². The number of benzene rings is 2. The zero-order chi connectivity index (χ0) is 23.3. The zero-order valence-corrected chi connectivity index (χ0v) is 18.9. The molecule has 0 heterocycles. The summed E-state index contributed by atoms with van der Waals surface area (Å²) in [6.45, 7) is 2.86. The largest absolute Gasteiger partial charge is 0.326 e. The summed E-state index contributed by atoms with van der Waals surface area (Å²) in [5, 5.41) is 5.67. The van der Waals surface area contributed by atoms with Crippen LogP contribution in [-0.2, 0) is 9.59 Å². The van der Waals surface area contributed by atoms with Crippen LogP contribution in [0.5, 0.6) is 0 Å². The van der Waals surface area contributed by atoms with Gasteiger partial charge >= 0.3 is 0 Å². The molecular formula is C26H32N2O4. The van der Waals surface area contributed by atoms with E-state index in [0.717, 1.165) is 44.2 Å². The Kier molecular flexibility index (Phi) is 10.3. The Morgan fingerprint density at radius 1 is 0.594 bits per heavy atom. The molecule has 32 heavy (non-hydrogen) atoms. The first-order chi connectivity index (χ1) is 15.3. The quantitative estimate of drug-likeness (QED) is 0.307. The Hall–Kier alpha value is -3.28. The molecular weight excluding hydrogens is 404 g/mol. The number of amides is 2. The topological polar surface area (TPSA) is 92.3 Å². The van der Waals surface area contributed by atoms with Gasteiger partial charge in [0, 0.05) is 35.3 Å². The van der Waals surface area contributed by atoms with Crippen LogP contribution in [0.1, 0.15) is 85.9 Å². The van der Waals surface area contributed by atoms with Gasteiger partial charge < -0.3 is 10.6 Å². The van der Waals surface area contributed by atoms with Crippen molar-refractivity contribution in [3.63, 3.8) is 0 Å². The van der Waals surface area contributed by atoms with E-state index in [1.807, 2.05) is 30.3 Å². The summed E-state index contributed by atoms with van der Waals surface area (Å²) >= 11 is 0. The summed E-state index contributed by atoms with van der Waals surface area (Å²) in [7, 11) is 0. The Bertz CT molecular complexity index is 906. The van der Waals surface area contributed by atoms with E-state index in [4.69, 9.17) is 0 Å². The van der Waals surface area contributed by atoms with Gasteiger partial charge in [0.2, 0.25) is 11.8 Å². The number of nitrogens with one attached hydrogen (secondary N) is 2. The summed E-state index contributed by atoms with van der Waals surface area (Å²) in [5.74, 6) is -0.394. The summed E-state index contributed by atoms with van der Waals surface area (Å²) in [6.07, 6.45) is 6.50. The number of para-hydroxylation sites is 1. The van der Waals surface area contributed by atoms with E-state index < -0.39 is 0 Å². The Morgan fingerprint density at radius 3 is 1.50 bits per heavy atom. The minimum absolute atomic E-state index is 0.0367. The molecule has 0 aliphatic rings. The number of rotatable bonds is 13. The third kappa shape index (κ3) is 9.25. The number of Topliss-reactive ketones (excluding diaryl/α,β-unsaturated/α-hetero) is 2. The van der Waals surface area contributed by atoms with Crippen molar-refractivity contribution in [2.24, 2.45) is 0 Å². The lowest BCUT2D eigenvalue weighted by Gasteiger charge is -2.09. The minimum atomic E-state index is -0.152. The molecule has 0 bridgehead atoms. The molecule has 2 aromatic carbocycles. The van der Waals surface area contributed by atoms with E-state index in [2.05, 4.69) is 10.6 Å². The molecule has 2 N–H and O–H groups in total. The molecule has 6 nitrogen and oxygen atoms in total. The van der Waals surface area contributed by atoms with Gasteiger partial charge in [-0.2, -0.15) is 0 Å². The number of hydrogen-bond acceptors (Lipinski definition) is 4. The van der Waals surface area contributed by atoms with Crippen LogP contribution < -0.4 is 10.6 Å². The fraction of sp³-hybridized carbons (Fsp3) is 0.385. The predicted molar refractivity (Wildman–Crippen MR) is 127 cm³/mol. The number of unbranched alkanes of at least 4 members (excludes halogenated alkanes) is 5. The molecule has 0 unspecified atom stereocenters. The van der Waals surface area contributed by atoms with Crippen molar-refractivity contribution < 1.29 is 19.2 Å². The summed E-state index contributed by atoms with van der Waals surface area (Å²) in [5.41, 5.74) is 2.11. The van der Waals surface area contributed by atoms with Crippen LogP contribution in [0.2, 0.25) is 0 Å². The highest BCUT2D eigenvalue weighted by atomic mass is 16.2. The highest BCUT2D eigenvalue weighted by Crippen LogP contribution is 2.17. The summed E-state index contributed by atoms with van der Waals surface area (Å²) in [6, 6.07) is 14.2. The number of ketones is 2. The fourth-order valence-corrected chi connectivity index (χ4v) is 3.35. The van der Waals surface area contributed by atoms with Crippen molar-refractivity contribution in [2.45, 2.75) is 65.2 Å². The van der Waals surface area contributed by atoms with E-state index in [-0.39, 0.29) is 23.4 Å². The highest BCUT2D eigenvalue weighted by Gasteiger charge is 2.10. The molecule has 0 radical (unpaired) electrons. The minimum Gasteiger partial charge on any atom is -0.326 e. The van der Waals surface area contributed by atoms with Crippen molar-refractivity contribution in [1.82, 2.24) is 0 Å². The second kappa shape index (κ2) is 13.2. The molecule has 0 saturated carbocycles. The Morgan fingerprint density at radius 2 is 1.03 bits per heavy atom. The molecule has 0 aliphatic carbocycles. The van der Waals surface area contributed by atoms with Gasteiger partial charge in [0.1, 0.15) is 0 Å². The van der Waals surface area contributed by atoms with Crippen molar-refractivity contribution in [2.75, 3.05) is 10.6 Å². The molecule has 0 spiro atoms. The lowest BCUT2D eigenvalue weighted by atomic mass is 10.0. The third-order valence-corrected chi connectivity index (χ3v) is 5.15. The smallest absolute Gasteiger partial charge is 0.224 e. The second-order valence-corrected chi connectivity index (χ2v) is 8.00. The monoisotopic (exact) mass is 436 g/mol. The first-order valence-corrected chi connectivity index (χ1v) is 11.2. The molecule has 0 aliphatic heterocycles. The maximum Gasteiger partial charge on any atom is 0.224 e. The molecule has 0 aromatic heterocycles. The van der Waals surface area contributed by atoms with Crippen LogP contribution in [0.3, 0.4) is 0 Å². The Balaban J connectivity index is 1.59. The van der Waals surface area contributed by atoms with E-state index >= 15 is 0 Å². The van der Waals surface area contributed by atoms with Crippen LogP contribution >= 0.6 is 0 Å². The maximum absolute atomic E-state index is 12.2. The fourth-order valence-electron chi connectivity index (χ4n) is 3.35. The molecule has 2 amide bonds. The van der Waals surface area contributed by atoms with E-state index in [1.54, 1.807) is 18.2 Å². The van der Waals surface area contributed by atoms with E-state index in [9.17, 15) is 19.2 Å². The van der Waals surface area contributed by atoms with Crippen LogP contribution in [-0.4, -0.2) is 23.4 Å². The average molecular weight is 437 g/mol. The number of hydrogen-bond donors (Lipinski definition) is 2. The van der Waals surface area contributed by atoms with E-state index in [0.29, 0.717) is 29.7 Å². The highest BCUT2D eigenvalue weighted by molar-refractivity contribution is 6.02. The van der Waals surface area contributed by atoms with Crippen molar-refractivity contribution in [3.05, 3.63) is 59.7 Å². The Labute approximate surface area is 189 Å². The number of anilines is 2. The zero-order valence-electron chi connectivity index (χ0n) is 18.9. The predicted octanol–water partition coefficient (Wildman–Crippen LogP) is 5.79. The van der Waals surface area contributed by atoms with Gasteiger partial charge in [0.05, 0.1) is 0 Å². The third-order valence-electron chi connectivity index (χ3n) is 5.15. The first kappa shape index (κ1) is 25.0. The number of carbonyl (C=O) groups excluding carboxylic acids is 4. The van der Waals surface area contributed by atoms with Gasteiger partial charge in [0.15, 0.2) is 11.6 Å². The van der Waals surface area contributed by atoms with Gasteiger partial charge in [-0.3, -0.25) is 19.2 Å².